The zero-order valence-corrected chi connectivity index (χ0v) is 20.9. The molecule has 7 heteroatoms. The number of aromatic hydroxyl groups is 1. The van der Waals surface area contributed by atoms with Gasteiger partial charge in [-0.05, 0) is 49.4 Å². The first kappa shape index (κ1) is 24.3. The molecular weight excluding hydrogens is 450 g/mol. The molecule has 0 amide bonds. The van der Waals surface area contributed by atoms with Crippen LogP contribution >= 0.6 is 23.4 Å². The summed E-state index contributed by atoms with van der Waals surface area (Å²) in [6.07, 6.45) is 7.64. The van der Waals surface area contributed by atoms with E-state index in [9.17, 15) is 13.5 Å². The highest BCUT2D eigenvalue weighted by molar-refractivity contribution is 7.98. The molecule has 0 aliphatic carbocycles. The molecule has 0 bridgehead atoms. The average molecular weight is 482 g/mol. The fourth-order valence-electron chi connectivity index (χ4n) is 4.49. The van der Waals surface area contributed by atoms with E-state index in [4.69, 9.17) is 11.6 Å². The van der Waals surface area contributed by atoms with E-state index in [1.165, 1.54) is 17.8 Å². The maximum Gasteiger partial charge on any atom is 0.181 e. The van der Waals surface area contributed by atoms with Crippen molar-refractivity contribution in [1.82, 2.24) is 0 Å². The summed E-state index contributed by atoms with van der Waals surface area (Å²) < 4.78 is 27.3. The second-order valence-electron chi connectivity index (χ2n) is 8.52. The Bertz CT molecular complexity index is 998. The maximum atomic E-state index is 13.7. The highest BCUT2D eigenvalue weighted by Crippen LogP contribution is 2.47. The Morgan fingerprint density at radius 2 is 1.71 bits per heavy atom. The minimum atomic E-state index is -3.58. The lowest BCUT2D eigenvalue weighted by Gasteiger charge is -2.37. The van der Waals surface area contributed by atoms with Gasteiger partial charge in [-0.2, -0.15) is 0 Å². The van der Waals surface area contributed by atoms with Crippen LogP contribution in [0.2, 0.25) is 5.02 Å². The van der Waals surface area contributed by atoms with Crippen molar-refractivity contribution >= 4 is 44.6 Å². The van der Waals surface area contributed by atoms with E-state index >= 15 is 0 Å². The quantitative estimate of drug-likeness (QED) is 0.409. The van der Waals surface area contributed by atoms with E-state index in [-0.39, 0.29) is 21.8 Å². The molecule has 170 valence electrons. The molecule has 0 spiro atoms. The molecular formula is C24H32ClNO3S2. The second kappa shape index (κ2) is 10.1. The smallest absolute Gasteiger partial charge is 0.181 e. The number of phenols is 1. The summed E-state index contributed by atoms with van der Waals surface area (Å²) in [5.74, 6) is 0.121. The van der Waals surface area contributed by atoms with Gasteiger partial charge in [-0.1, -0.05) is 51.1 Å². The number of halogens is 1. The van der Waals surface area contributed by atoms with Crippen LogP contribution in [-0.2, 0) is 9.84 Å². The summed E-state index contributed by atoms with van der Waals surface area (Å²) >= 11 is 7.55. The predicted octanol–water partition coefficient (Wildman–Crippen LogP) is 7.06. The highest BCUT2D eigenvalue weighted by atomic mass is 35.5. The first-order valence-corrected chi connectivity index (χ1v) is 14.2. The summed E-state index contributed by atoms with van der Waals surface area (Å²) in [5, 5.41) is 11.1. The van der Waals surface area contributed by atoms with Crippen LogP contribution in [0.25, 0.3) is 0 Å². The molecule has 31 heavy (non-hydrogen) atoms. The molecule has 2 aromatic carbocycles. The summed E-state index contributed by atoms with van der Waals surface area (Å²) in [7, 11) is -3.58. The molecule has 1 heterocycles. The Kier molecular flexibility index (Phi) is 7.87. The number of nitrogens with zero attached hydrogens (tertiary/aromatic N) is 1. The van der Waals surface area contributed by atoms with Gasteiger partial charge in [0, 0.05) is 28.7 Å². The fraction of sp³-hybridized carbons (Fsp3) is 0.500. The third kappa shape index (κ3) is 5.35. The van der Waals surface area contributed by atoms with Crippen LogP contribution in [-0.4, -0.2) is 32.1 Å². The molecule has 1 N–H and O–H groups in total. The van der Waals surface area contributed by atoms with Crippen molar-refractivity contribution in [3.05, 3.63) is 41.4 Å². The van der Waals surface area contributed by atoms with Crippen molar-refractivity contribution in [2.45, 2.75) is 62.2 Å². The average Bonchev–Trinajstić information content (AvgIpc) is 2.83. The SMILES string of the molecule is CCCCC1(CCCC)CN(c2ccc(Cl)cc2)c2cc(SC)c(O)cc2S(=O)(=O)C1. The molecule has 0 aromatic heterocycles. The van der Waals surface area contributed by atoms with Gasteiger partial charge in [0.1, 0.15) is 5.75 Å². The number of sulfone groups is 1. The zero-order valence-electron chi connectivity index (χ0n) is 18.5. The number of thioether (sulfide) groups is 1. The van der Waals surface area contributed by atoms with Crippen LogP contribution in [0.15, 0.2) is 46.2 Å². The standard InChI is InChI=1S/C24H32ClNO3S2/c1-4-6-12-24(13-7-5-2)16-26(19-10-8-18(25)9-11-19)20-14-22(30-3)21(27)15-23(20)31(28,29)17-24/h8-11,14-15,27H,4-7,12-13,16-17H2,1-3H3. The Balaban J connectivity index is 2.24. The molecule has 0 saturated carbocycles. The van der Waals surface area contributed by atoms with Gasteiger partial charge in [0.2, 0.25) is 0 Å². The molecule has 0 saturated heterocycles. The van der Waals surface area contributed by atoms with Gasteiger partial charge in [-0.3, -0.25) is 0 Å². The van der Waals surface area contributed by atoms with Crippen LogP contribution in [0.5, 0.6) is 5.75 Å². The van der Waals surface area contributed by atoms with Crippen LogP contribution in [0.3, 0.4) is 0 Å². The van der Waals surface area contributed by atoms with Crippen molar-refractivity contribution in [2.75, 3.05) is 23.5 Å². The third-order valence-electron chi connectivity index (χ3n) is 6.14. The minimum Gasteiger partial charge on any atom is -0.507 e. The zero-order chi connectivity index (χ0) is 22.6. The number of anilines is 2. The van der Waals surface area contributed by atoms with E-state index < -0.39 is 9.84 Å². The molecule has 1 aliphatic heterocycles. The van der Waals surface area contributed by atoms with Crippen molar-refractivity contribution in [1.29, 1.82) is 0 Å². The Labute approximate surface area is 195 Å². The molecule has 0 fully saturated rings. The topological polar surface area (TPSA) is 57.6 Å². The van der Waals surface area contributed by atoms with E-state index in [1.807, 2.05) is 36.6 Å². The predicted molar refractivity (Wildman–Crippen MR) is 132 cm³/mol. The molecule has 3 rings (SSSR count). The van der Waals surface area contributed by atoms with Crippen molar-refractivity contribution < 1.29 is 13.5 Å². The lowest BCUT2D eigenvalue weighted by molar-refractivity contribution is 0.270. The number of benzene rings is 2. The van der Waals surface area contributed by atoms with Gasteiger partial charge >= 0.3 is 0 Å². The molecule has 0 unspecified atom stereocenters. The Morgan fingerprint density at radius 3 is 2.26 bits per heavy atom. The van der Waals surface area contributed by atoms with Crippen molar-refractivity contribution in [3.63, 3.8) is 0 Å². The molecule has 0 atom stereocenters. The Hall–Kier alpha value is -1.37. The first-order valence-electron chi connectivity index (χ1n) is 10.9. The lowest BCUT2D eigenvalue weighted by Crippen LogP contribution is -2.38. The van der Waals surface area contributed by atoms with Gasteiger partial charge in [-0.25, -0.2) is 8.42 Å². The molecule has 1 aliphatic rings. The van der Waals surface area contributed by atoms with Gasteiger partial charge in [0.15, 0.2) is 9.84 Å². The van der Waals surface area contributed by atoms with Crippen LogP contribution in [0, 0.1) is 5.41 Å². The molecule has 4 nitrogen and oxygen atoms in total. The highest BCUT2D eigenvalue weighted by Gasteiger charge is 2.42. The van der Waals surface area contributed by atoms with Gasteiger partial charge in [0.05, 0.1) is 21.2 Å². The van der Waals surface area contributed by atoms with Crippen LogP contribution < -0.4 is 4.90 Å². The number of hydrogen-bond donors (Lipinski definition) is 1. The lowest BCUT2D eigenvalue weighted by atomic mass is 9.79. The van der Waals surface area contributed by atoms with E-state index in [0.29, 0.717) is 22.2 Å². The monoisotopic (exact) mass is 481 g/mol. The largest absolute Gasteiger partial charge is 0.507 e. The molecule has 0 radical (unpaired) electrons. The van der Waals surface area contributed by atoms with Gasteiger partial charge < -0.3 is 10.0 Å². The van der Waals surface area contributed by atoms with Gasteiger partial charge in [0.25, 0.3) is 0 Å². The van der Waals surface area contributed by atoms with Crippen LogP contribution in [0.1, 0.15) is 52.4 Å². The third-order valence-corrected chi connectivity index (χ3v) is 9.14. The van der Waals surface area contributed by atoms with Crippen molar-refractivity contribution in [2.24, 2.45) is 5.41 Å². The number of unbranched alkanes of at least 4 members (excludes halogenated alkanes) is 2. The number of rotatable bonds is 8. The number of phenolic OH excluding ortho intramolecular Hbond substituents is 1. The van der Waals surface area contributed by atoms with Gasteiger partial charge in [-0.15, -0.1) is 11.8 Å². The summed E-state index contributed by atoms with van der Waals surface area (Å²) in [6.45, 7) is 4.92. The number of hydrogen-bond acceptors (Lipinski definition) is 5. The van der Waals surface area contributed by atoms with E-state index in [1.54, 1.807) is 0 Å². The fourth-order valence-corrected chi connectivity index (χ4v) is 7.24. The minimum absolute atomic E-state index is 0.0143. The maximum absolute atomic E-state index is 13.7. The Morgan fingerprint density at radius 1 is 1.10 bits per heavy atom. The normalized spacial score (nSPS) is 17.2. The summed E-state index contributed by atoms with van der Waals surface area (Å²) in [4.78, 5) is 3.01. The second-order valence-corrected chi connectivity index (χ2v) is 11.8. The van der Waals surface area contributed by atoms with E-state index in [0.717, 1.165) is 44.2 Å². The number of fused-ring (bicyclic) bond motifs is 1. The van der Waals surface area contributed by atoms with Crippen LogP contribution in [0.4, 0.5) is 11.4 Å². The van der Waals surface area contributed by atoms with Crippen molar-refractivity contribution in [3.8, 4) is 5.75 Å². The summed E-state index contributed by atoms with van der Waals surface area (Å²) in [5.41, 5.74) is 1.20. The van der Waals surface area contributed by atoms with E-state index in [2.05, 4.69) is 18.7 Å². The first-order chi connectivity index (χ1) is 14.7. The summed E-state index contributed by atoms with van der Waals surface area (Å²) in [6, 6.07) is 10.8. The molecule has 2 aromatic rings.